The SMILES string of the molecule is COC1=CCC([C@@H](C)/C=C(C)/C=C\C=C\C(=O)N[C@H](C(=O)N/C=C\C[C@H](C/C=C(\C)Cl)OC(N)=O)C(C)(C)C)OC1=O. The summed E-state index contributed by atoms with van der Waals surface area (Å²) >= 11 is 5.84. The Kier molecular flexibility index (Phi) is 15.4. The van der Waals surface area contributed by atoms with Crippen LogP contribution in [0.5, 0.6) is 0 Å². The Hall–Kier alpha value is -3.79. The lowest BCUT2D eigenvalue weighted by molar-refractivity contribution is -0.151. The number of carbonyl (C=O) groups is 4. The minimum atomic E-state index is -0.900. The van der Waals surface area contributed by atoms with Gasteiger partial charge in [0.05, 0.1) is 7.11 Å². The summed E-state index contributed by atoms with van der Waals surface area (Å²) in [6.45, 7) is 11.1. The lowest BCUT2D eigenvalue weighted by Crippen LogP contribution is -2.52. The zero-order chi connectivity index (χ0) is 31.9. The van der Waals surface area contributed by atoms with Crippen LogP contribution in [0, 0.1) is 11.3 Å². The third-order valence-electron chi connectivity index (χ3n) is 6.15. The van der Waals surface area contributed by atoms with E-state index in [9.17, 15) is 19.2 Å². The summed E-state index contributed by atoms with van der Waals surface area (Å²) in [5.74, 6) is -1.10. The van der Waals surface area contributed by atoms with E-state index < -0.39 is 41.4 Å². The summed E-state index contributed by atoms with van der Waals surface area (Å²) in [4.78, 5) is 48.5. The van der Waals surface area contributed by atoms with Crippen LogP contribution in [0.3, 0.4) is 0 Å². The highest BCUT2D eigenvalue weighted by molar-refractivity contribution is 6.29. The van der Waals surface area contributed by atoms with Gasteiger partial charge in [-0.1, -0.05) is 81.3 Å². The molecule has 11 heteroatoms. The number of methoxy groups -OCH3 is 1. The first-order chi connectivity index (χ1) is 19.6. The molecular formula is C31H44ClN3O7. The predicted octanol–water partition coefficient (Wildman–Crippen LogP) is 5.07. The highest BCUT2D eigenvalue weighted by Gasteiger charge is 2.32. The molecule has 10 nitrogen and oxygen atoms in total. The molecule has 4 N–H and O–H groups in total. The van der Waals surface area contributed by atoms with Gasteiger partial charge in [0.2, 0.25) is 11.8 Å². The van der Waals surface area contributed by atoms with Crippen molar-refractivity contribution in [2.45, 2.75) is 79.1 Å². The number of hydrogen-bond donors (Lipinski definition) is 3. The van der Waals surface area contributed by atoms with Crippen LogP contribution in [0.15, 0.2) is 71.2 Å². The van der Waals surface area contributed by atoms with Gasteiger partial charge in [-0.25, -0.2) is 9.59 Å². The van der Waals surface area contributed by atoms with E-state index in [1.54, 1.807) is 37.3 Å². The third kappa shape index (κ3) is 14.2. The second kappa shape index (κ2) is 17.9. The van der Waals surface area contributed by atoms with Crippen molar-refractivity contribution >= 4 is 35.5 Å². The summed E-state index contributed by atoms with van der Waals surface area (Å²) in [7, 11) is 1.43. The van der Waals surface area contributed by atoms with Gasteiger partial charge in [0.1, 0.15) is 18.2 Å². The van der Waals surface area contributed by atoms with E-state index in [4.69, 9.17) is 31.5 Å². The Morgan fingerprint density at radius 2 is 1.86 bits per heavy atom. The molecule has 1 aliphatic rings. The second-order valence-corrected chi connectivity index (χ2v) is 11.6. The number of nitrogens with two attached hydrogens (primary N) is 1. The van der Waals surface area contributed by atoms with Crippen molar-refractivity contribution in [2.75, 3.05) is 7.11 Å². The normalized spacial score (nSPS) is 18.8. The minimum Gasteiger partial charge on any atom is -0.490 e. The van der Waals surface area contributed by atoms with Gasteiger partial charge in [-0.2, -0.15) is 0 Å². The first-order valence-electron chi connectivity index (χ1n) is 13.7. The number of cyclic esters (lactones) is 1. The highest BCUT2D eigenvalue weighted by Crippen LogP contribution is 2.23. The van der Waals surface area contributed by atoms with E-state index in [2.05, 4.69) is 10.6 Å². The van der Waals surface area contributed by atoms with E-state index in [1.807, 2.05) is 46.8 Å². The molecule has 1 rings (SSSR count). The number of esters is 1. The number of hydrogen-bond acceptors (Lipinski definition) is 7. The van der Waals surface area contributed by atoms with Gasteiger partial charge in [0.15, 0.2) is 5.76 Å². The molecule has 0 aromatic rings. The summed E-state index contributed by atoms with van der Waals surface area (Å²) < 4.78 is 15.5. The van der Waals surface area contributed by atoms with Crippen LogP contribution in [0.2, 0.25) is 0 Å². The summed E-state index contributed by atoms with van der Waals surface area (Å²) in [5.41, 5.74) is 5.48. The van der Waals surface area contributed by atoms with E-state index in [0.717, 1.165) is 5.57 Å². The Morgan fingerprint density at radius 3 is 2.43 bits per heavy atom. The van der Waals surface area contributed by atoms with Crippen LogP contribution in [-0.2, 0) is 28.6 Å². The Labute approximate surface area is 253 Å². The number of carbonyl (C=O) groups excluding carboxylic acids is 4. The number of nitrogens with one attached hydrogen (secondary N) is 2. The Balaban J connectivity index is 2.70. The molecule has 0 radical (unpaired) electrons. The van der Waals surface area contributed by atoms with Crippen molar-refractivity contribution in [2.24, 2.45) is 17.1 Å². The van der Waals surface area contributed by atoms with Gasteiger partial charge in [-0.05, 0) is 31.5 Å². The molecule has 0 aliphatic carbocycles. The minimum absolute atomic E-state index is 0.0196. The maximum Gasteiger partial charge on any atom is 0.404 e. The Morgan fingerprint density at radius 1 is 1.19 bits per heavy atom. The highest BCUT2D eigenvalue weighted by atomic mass is 35.5. The molecule has 0 aromatic heterocycles. The van der Waals surface area contributed by atoms with E-state index in [1.165, 1.54) is 19.4 Å². The number of allylic oxidation sites excluding steroid dienone is 5. The molecule has 0 aromatic carbocycles. The number of ether oxygens (including phenoxy) is 3. The van der Waals surface area contributed by atoms with E-state index in [0.29, 0.717) is 24.3 Å². The van der Waals surface area contributed by atoms with E-state index in [-0.39, 0.29) is 17.8 Å². The third-order valence-corrected chi connectivity index (χ3v) is 6.30. The molecule has 0 bridgehead atoms. The van der Waals surface area contributed by atoms with Gasteiger partial charge < -0.3 is 30.6 Å². The maximum atomic E-state index is 12.9. The van der Waals surface area contributed by atoms with Crippen LogP contribution in [0.25, 0.3) is 0 Å². The van der Waals surface area contributed by atoms with Gasteiger partial charge in [-0.15, -0.1) is 0 Å². The molecule has 42 heavy (non-hydrogen) atoms. The van der Waals surface area contributed by atoms with Gasteiger partial charge in [-0.3, -0.25) is 9.59 Å². The smallest absolute Gasteiger partial charge is 0.404 e. The largest absolute Gasteiger partial charge is 0.490 e. The predicted molar refractivity (Wildman–Crippen MR) is 163 cm³/mol. The monoisotopic (exact) mass is 605 g/mol. The summed E-state index contributed by atoms with van der Waals surface area (Å²) in [6, 6.07) is -0.823. The lowest BCUT2D eigenvalue weighted by Gasteiger charge is -2.29. The molecule has 4 atom stereocenters. The second-order valence-electron chi connectivity index (χ2n) is 11.0. The molecule has 0 spiro atoms. The van der Waals surface area contributed by atoms with Crippen LogP contribution >= 0.6 is 11.6 Å². The molecule has 0 fully saturated rings. The molecule has 232 valence electrons. The van der Waals surface area contributed by atoms with Crippen LogP contribution in [0.4, 0.5) is 4.79 Å². The van der Waals surface area contributed by atoms with Crippen molar-refractivity contribution in [1.82, 2.24) is 10.6 Å². The summed E-state index contributed by atoms with van der Waals surface area (Å²) in [6.07, 6.45) is 14.5. The van der Waals surface area contributed by atoms with E-state index >= 15 is 0 Å². The van der Waals surface area contributed by atoms with Gasteiger partial charge in [0.25, 0.3) is 0 Å². The molecule has 1 unspecified atom stereocenters. The number of primary amides is 1. The Bertz CT molecular complexity index is 1140. The lowest BCUT2D eigenvalue weighted by atomic mass is 9.86. The zero-order valence-electron chi connectivity index (χ0n) is 25.4. The zero-order valence-corrected chi connectivity index (χ0v) is 26.2. The fourth-order valence-electron chi connectivity index (χ4n) is 3.93. The van der Waals surface area contributed by atoms with Crippen LogP contribution in [0.1, 0.15) is 60.8 Å². The number of rotatable bonds is 14. The fourth-order valence-corrected chi connectivity index (χ4v) is 4.02. The maximum absolute atomic E-state index is 12.9. The molecule has 0 saturated carbocycles. The van der Waals surface area contributed by atoms with Gasteiger partial charge >= 0.3 is 12.1 Å². The summed E-state index contributed by atoms with van der Waals surface area (Å²) in [5, 5.41) is 5.98. The molecule has 0 saturated heterocycles. The number of amides is 3. The first-order valence-corrected chi connectivity index (χ1v) is 14.0. The van der Waals surface area contributed by atoms with Crippen molar-refractivity contribution < 1.29 is 33.4 Å². The van der Waals surface area contributed by atoms with Crippen LogP contribution < -0.4 is 16.4 Å². The number of halogens is 1. The van der Waals surface area contributed by atoms with Crippen LogP contribution in [-0.4, -0.2) is 49.2 Å². The quantitative estimate of drug-likeness (QED) is 0.142. The molecule has 1 aliphatic heterocycles. The average Bonchev–Trinajstić information content (AvgIpc) is 2.89. The van der Waals surface area contributed by atoms with Gasteiger partial charge in [0, 0.05) is 36.3 Å². The molecule has 1 heterocycles. The van der Waals surface area contributed by atoms with Crippen molar-refractivity contribution in [1.29, 1.82) is 0 Å². The first kappa shape index (κ1) is 36.2. The standard InChI is InChI=1S/C31H44ClN3O7/c1-20(19-21(2)24-16-17-25(40-7)29(38)42-24)11-8-9-13-26(36)35-27(31(4,5)6)28(37)34-18-10-12-23(41-30(33)39)15-14-22(3)32/h8-11,13-14,17-19,21,23-24,27H,12,15-16H2,1-7H3,(H2,33,39)(H,34,37)(H,35,36)/b11-8-,13-9+,18-10-,20-19+,22-14+/t21-,23+,24?,27+/m0/s1. The topological polar surface area (TPSA) is 146 Å². The van der Waals surface area contributed by atoms with Crippen molar-refractivity contribution in [3.8, 4) is 0 Å². The van der Waals surface area contributed by atoms with Crippen molar-refractivity contribution in [3.63, 3.8) is 0 Å². The van der Waals surface area contributed by atoms with Crippen molar-refractivity contribution in [3.05, 3.63) is 71.2 Å². The molecule has 3 amide bonds. The average molecular weight is 606 g/mol. The molecular weight excluding hydrogens is 562 g/mol. The fraction of sp³-hybridized carbons (Fsp3) is 0.484.